The summed E-state index contributed by atoms with van der Waals surface area (Å²) in [5.41, 5.74) is -0.0187. The quantitative estimate of drug-likeness (QED) is 0.629. The second kappa shape index (κ2) is 2.89. The molecule has 0 fully saturated rings. The third-order valence-electron chi connectivity index (χ3n) is 2.04. The van der Waals surface area contributed by atoms with Crippen LogP contribution in [0, 0.1) is 0 Å². The first kappa shape index (κ1) is 8.32. The van der Waals surface area contributed by atoms with E-state index in [0.29, 0.717) is 5.02 Å². The zero-order valence-corrected chi connectivity index (χ0v) is 7.88. The molecule has 2 rings (SSSR count). The number of aromatic nitrogens is 1. The van der Waals surface area contributed by atoms with Crippen molar-refractivity contribution in [1.82, 2.24) is 4.57 Å². The lowest BCUT2D eigenvalue weighted by Crippen LogP contribution is -2.13. The minimum absolute atomic E-state index is 0.0187. The van der Waals surface area contributed by atoms with Gasteiger partial charge < -0.3 is 4.57 Å². The SMILES string of the molecule is Cn1cc2c(Cl)cccc2cc1=O. The third-order valence-corrected chi connectivity index (χ3v) is 2.37. The van der Waals surface area contributed by atoms with Crippen molar-refractivity contribution in [3.05, 3.63) is 45.8 Å². The topological polar surface area (TPSA) is 22.0 Å². The van der Waals surface area contributed by atoms with Gasteiger partial charge in [0.15, 0.2) is 0 Å². The minimum Gasteiger partial charge on any atom is -0.318 e. The van der Waals surface area contributed by atoms with E-state index in [-0.39, 0.29) is 5.56 Å². The molecule has 0 aliphatic carbocycles. The Kier molecular flexibility index (Phi) is 1.85. The minimum atomic E-state index is -0.0187. The maximum Gasteiger partial charge on any atom is 0.250 e. The Hall–Kier alpha value is -1.28. The van der Waals surface area contributed by atoms with Crippen molar-refractivity contribution in [1.29, 1.82) is 0 Å². The van der Waals surface area contributed by atoms with Crippen LogP contribution in [0.1, 0.15) is 0 Å². The highest BCUT2D eigenvalue weighted by Gasteiger charge is 1.99. The van der Waals surface area contributed by atoms with Crippen molar-refractivity contribution in [2.24, 2.45) is 7.05 Å². The summed E-state index contributed by atoms with van der Waals surface area (Å²) in [5.74, 6) is 0. The van der Waals surface area contributed by atoms with E-state index in [1.54, 1.807) is 19.3 Å². The van der Waals surface area contributed by atoms with E-state index in [1.165, 1.54) is 4.57 Å². The molecule has 0 saturated carbocycles. The first-order valence-electron chi connectivity index (χ1n) is 3.93. The molecule has 13 heavy (non-hydrogen) atoms. The fraction of sp³-hybridized carbons (Fsp3) is 0.100. The van der Waals surface area contributed by atoms with E-state index in [2.05, 4.69) is 0 Å². The Morgan fingerprint density at radius 3 is 2.92 bits per heavy atom. The molecule has 1 aromatic carbocycles. The number of pyridine rings is 1. The molecule has 66 valence electrons. The highest BCUT2D eigenvalue weighted by atomic mass is 35.5. The number of rotatable bonds is 0. The van der Waals surface area contributed by atoms with Crippen molar-refractivity contribution >= 4 is 22.4 Å². The van der Waals surface area contributed by atoms with Crippen molar-refractivity contribution in [3.63, 3.8) is 0 Å². The van der Waals surface area contributed by atoms with Gasteiger partial charge in [-0.25, -0.2) is 0 Å². The lowest BCUT2D eigenvalue weighted by Gasteiger charge is -2.01. The lowest BCUT2D eigenvalue weighted by molar-refractivity contribution is 0.870. The summed E-state index contributed by atoms with van der Waals surface area (Å²) >= 11 is 5.97. The van der Waals surface area contributed by atoms with Crippen LogP contribution in [0.25, 0.3) is 10.8 Å². The van der Waals surface area contributed by atoms with Gasteiger partial charge in [0.1, 0.15) is 0 Å². The molecule has 2 nitrogen and oxygen atoms in total. The smallest absolute Gasteiger partial charge is 0.250 e. The Morgan fingerprint density at radius 2 is 2.15 bits per heavy atom. The van der Waals surface area contributed by atoms with Gasteiger partial charge in [-0.2, -0.15) is 0 Å². The van der Waals surface area contributed by atoms with Gasteiger partial charge in [-0.1, -0.05) is 23.7 Å². The normalized spacial score (nSPS) is 10.6. The summed E-state index contributed by atoms with van der Waals surface area (Å²) in [6, 6.07) is 7.11. The van der Waals surface area contributed by atoms with E-state index < -0.39 is 0 Å². The Bertz CT molecular complexity index is 516. The maximum atomic E-state index is 11.3. The van der Waals surface area contributed by atoms with Gasteiger partial charge in [0.25, 0.3) is 5.56 Å². The second-order valence-corrected chi connectivity index (χ2v) is 3.37. The predicted octanol–water partition coefficient (Wildman–Crippen LogP) is 2.19. The summed E-state index contributed by atoms with van der Waals surface area (Å²) in [5, 5.41) is 2.47. The molecule has 1 aromatic heterocycles. The monoisotopic (exact) mass is 193 g/mol. The molecular weight excluding hydrogens is 186 g/mol. The highest BCUT2D eigenvalue weighted by molar-refractivity contribution is 6.35. The number of nitrogens with zero attached hydrogens (tertiary/aromatic N) is 1. The molecule has 0 aliphatic rings. The number of aryl methyl sites for hydroxylation is 1. The van der Waals surface area contributed by atoms with Gasteiger partial charge in [-0.05, 0) is 11.5 Å². The van der Waals surface area contributed by atoms with Crippen molar-refractivity contribution in [2.75, 3.05) is 0 Å². The molecule has 0 bridgehead atoms. The van der Waals surface area contributed by atoms with Gasteiger partial charge in [0.2, 0.25) is 0 Å². The van der Waals surface area contributed by atoms with Crippen LogP contribution < -0.4 is 5.56 Å². The molecule has 0 saturated heterocycles. The Balaban J connectivity index is 2.97. The molecule has 0 radical (unpaired) electrons. The third kappa shape index (κ3) is 1.33. The van der Waals surface area contributed by atoms with E-state index in [9.17, 15) is 4.79 Å². The fourth-order valence-corrected chi connectivity index (χ4v) is 1.54. The average molecular weight is 194 g/mol. The number of halogens is 1. The number of hydrogen-bond acceptors (Lipinski definition) is 1. The molecule has 2 aromatic rings. The van der Waals surface area contributed by atoms with Crippen LogP contribution in [-0.2, 0) is 7.05 Å². The van der Waals surface area contributed by atoms with Crippen LogP contribution in [0.4, 0.5) is 0 Å². The summed E-state index contributed by atoms with van der Waals surface area (Å²) in [6.45, 7) is 0. The average Bonchev–Trinajstić information content (AvgIpc) is 2.09. The van der Waals surface area contributed by atoms with Crippen molar-refractivity contribution in [2.45, 2.75) is 0 Å². The lowest BCUT2D eigenvalue weighted by atomic mass is 10.2. The molecule has 1 heterocycles. The predicted molar refractivity (Wildman–Crippen MR) is 54.2 cm³/mol. The van der Waals surface area contributed by atoms with Crippen LogP contribution in [0.5, 0.6) is 0 Å². The standard InChI is InChI=1S/C10H8ClNO/c1-12-6-8-7(5-10(12)13)3-2-4-9(8)11/h2-6H,1H3. The first-order chi connectivity index (χ1) is 6.18. The summed E-state index contributed by atoms with van der Waals surface area (Å²) in [6.07, 6.45) is 1.75. The van der Waals surface area contributed by atoms with Crippen LogP contribution >= 0.6 is 11.6 Å². The van der Waals surface area contributed by atoms with Crippen molar-refractivity contribution < 1.29 is 0 Å². The Labute approximate surface area is 80.4 Å². The molecule has 0 amide bonds. The van der Waals surface area contributed by atoms with E-state index >= 15 is 0 Å². The zero-order chi connectivity index (χ0) is 9.42. The molecule has 0 aliphatic heterocycles. The molecule has 0 atom stereocenters. The number of hydrogen-bond donors (Lipinski definition) is 0. The van der Waals surface area contributed by atoms with E-state index in [0.717, 1.165) is 10.8 Å². The zero-order valence-electron chi connectivity index (χ0n) is 7.12. The second-order valence-electron chi connectivity index (χ2n) is 2.97. The maximum absolute atomic E-state index is 11.3. The van der Waals surface area contributed by atoms with E-state index in [1.807, 2.05) is 18.2 Å². The van der Waals surface area contributed by atoms with Crippen molar-refractivity contribution in [3.8, 4) is 0 Å². The molecule has 3 heteroatoms. The first-order valence-corrected chi connectivity index (χ1v) is 4.31. The van der Waals surface area contributed by atoms with Crippen LogP contribution in [0.15, 0.2) is 35.3 Å². The van der Waals surface area contributed by atoms with Gasteiger partial charge >= 0.3 is 0 Å². The molecule has 0 N–H and O–H groups in total. The summed E-state index contributed by atoms with van der Waals surface area (Å²) in [7, 11) is 1.71. The summed E-state index contributed by atoms with van der Waals surface area (Å²) < 4.78 is 1.52. The van der Waals surface area contributed by atoms with Gasteiger partial charge in [-0.3, -0.25) is 4.79 Å². The van der Waals surface area contributed by atoms with Gasteiger partial charge in [-0.15, -0.1) is 0 Å². The summed E-state index contributed by atoms with van der Waals surface area (Å²) in [4.78, 5) is 11.3. The van der Waals surface area contributed by atoms with Gasteiger partial charge in [0.05, 0.1) is 0 Å². The van der Waals surface area contributed by atoms with Crippen LogP contribution in [0.3, 0.4) is 0 Å². The molecule has 0 unspecified atom stereocenters. The highest BCUT2D eigenvalue weighted by Crippen LogP contribution is 2.20. The fourth-order valence-electron chi connectivity index (χ4n) is 1.31. The number of benzene rings is 1. The molecule has 0 spiro atoms. The number of fused-ring (bicyclic) bond motifs is 1. The van der Waals surface area contributed by atoms with E-state index in [4.69, 9.17) is 11.6 Å². The largest absolute Gasteiger partial charge is 0.318 e. The molecular formula is C10H8ClNO. The van der Waals surface area contributed by atoms with Gasteiger partial charge in [0, 0.05) is 29.7 Å². The Morgan fingerprint density at radius 1 is 1.38 bits per heavy atom. The van der Waals surface area contributed by atoms with Crippen LogP contribution in [0.2, 0.25) is 5.02 Å². The van der Waals surface area contributed by atoms with Crippen LogP contribution in [-0.4, -0.2) is 4.57 Å².